The van der Waals surface area contributed by atoms with Gasteiger partial charge in [-0.2, -0.15) is 5.10 Å². The van der Waals surface area contributed by atoms with Crippen molar-refractivity contribution in [1.82, 2.24) is 0 Å². The molecule has 0 saturated heterocycles. The van der Waals surface area contributed by atoms with Crippen LogP contribution in [0.5, 0.6) is 11.5 Å². The van der Waals surface area contributed by atoms with Gasteiger partial charge in [0.1, 0.15) is 11.5 Å². The molecule has 0 aliphatic heterocycles. The highest BCUT2D eigenvalue weighted by Gasteiger charge is 2.03. The SMILES string of the molecule is COc1cc(/C=N\Nc2cc(C(=O)[O-])ccc2Cl)cc(OC)c1. The molecule has 0 bridgehead atoms. The third-order valence-electron chi connectivity index (χ3n) is 2.97. The van der Waals surface area contributed by atoms with Crippen molar-refractivity contribution in [1.29, 1.82) is 0 Å². The average Bonchev–Trinajstić information content (AvgIpc) is 2.55. The molecule has 2 aromatic rings. The molecule has 0 spiro atoms. The van der Waals surface area contributed by atoms with Gasteiger partial charge in [-0.3, -0.25) is 5.43 Å². The Hall–Kier alpha value is -2.73. The van der Waals surface area contributed by atoms with E-state index in [1.165, 1.54) is 24.4 Å². The van der Waals surface area contributed by atoms with Crippen LogP contribution in [-0.2, 0) is 0 Å². The molecule has 120 valence electrons. The van der Waals surface area contributed by atoms with Crippen LogP contribution >= 0.6 is 11.6 Å². The van der Waals surface area contributed by atoms with Gasteiger partial charge < -0.3 is 19.4 Å². The number of halogens is 1. The zero-order chi connectivity index (χ0) is 16.8. The first-order chi connectivity index (χ1) is 11.0. The molecule has 6 nitrogen and oxygen atoms in total. The molecule has 0 unspecified atom stereocenters. The van der Waals surface area contributed by atoms with Gasteiger partial charge in [-0.05, 0) is 29.8 Å². The van der Waals surface area contributed by atoms with Crippen molar-refractivity contribution in [3.63, 3.8) is 0 Å². The van der Waals surface area contributed by atoms with E-state index in [-0.39, 0.29) is 5.56 Å². The first-order valence-electron chi connectivity index (χ1n) is 6.56. The van der Waals surface area contributed by atoms with Crippen molar-refractivity contribution in [3.8, 4) is 11.5 Å². The maximum atomic E-state index is 10.9. The molecule has 23 heavy (non-hydrogen) atoms. The summed E-state index contributed by atoms with van der Waals surface area (Å²) in [6.45, 7) is 0. The smallest absolute Gasteiger partial charge is 0.123 e. The second-order valence-electron chi connectivity index (χ2n) is 4.50. The molecule has 7 heteroatoms. The lowest BCUT2D eigenvalue weighted by atomic mass is 10.2. The van der Waals surface area contributed by atoms with Crippen LogP contribution in [0.1, 0.15) is 15.9 Å². The van der Waals surface area contributed by atoms with E-state index in [9.17, 15) is 9.90 Å². The lowest BCUT2D eigenvalue weighted by Gasteiger charge is -2.08. The van der Waals surface area contributed by atoms with Gasteiger partial charge in [-0.1, -0.05) is 17.7 Å². The number of carboxylic acid groups (broad SMARTS) is 1. The fraction of sp³-hybridized carbons (Fsp3) is 0.125. The highest BCUT2D eigenvalue weighted by Crippen LogP contribution is 2.24. The Balaban J connectivity index is 2.19. The number of hydrogen-bond donors (Lipinski definition) is 1. The Bertz CT molecular complexity index is 725. The van der Waals surface area contributed by atoms with Crippen molar-refractivity contribution in [3.05, 3.63) is 52.5 Å². The number of hydrazone groups is 1. The maximum Gasteiger partial charge on any atom is 0.123 e. The molecule has 0 aliphatic carbocycles. The number of benzene rings is 2. The number of nitrogens with one attached hydrogen (secondary N) is 1. The number of carboxylic acids is 1. The Morgan fingerprint density at radius 3 is 2.39 bits per heavy atom. The van der Waals surface area contributed by atoms with Gasteiger partial charge in [0, 0.05) is 11.6 Å². The van der Waals surface area contributed by atoms with Gasteiger partial charge in [0.25, 0.3) is 0 Å². The van der Waals surface area contributed by atoms with E-state index in [0.717, 1.165) is 5.56 Å². The molecular formula is C16H14ClN2O4-. The molecule has 0 saturated carbocycles. The summed E-state index contributed by atoms with van der Waals surface area (Å²) in [6, 6.07) is 9.45. The van der Waals surface area contributed by atoms with Crippen molar-refractivity contribution >= 4 is 29.5 Å². The molecular weight excluding hydrogens is 320 g/mol. The van der Waals surface area contributed by atoms with E-state index < -0.39 is 5.97 Å². The second-order valence-corrected chi connectivity index (χ2v) is 4.91. The zero-order valence-electron chi connectivity index (χ0n) is 12.5. The van der Waals surface area contributed by atoms with Crippen molar-refractivity contribution < 1.29 is 19.4 Å². The summed E-state index contributed by atoms with van der Waals surface area (Å²) >= 11 is 5.99. The number of ether oxygens (including phenoxy) is 2. The predicted molar refractivity (Wildman–Crippen MR) is 86.5 cm³/mol. The molecule has 2 rings (SSSR count). The van der Waals surface area contributed by atoms with Crippen LogP contribution in [0, 0.1) is 0 Å². The van der Waals surface area contributed by atoms with E-state index in [1.807, 2.05) is 0 Å². The van der Waals surface area contributed by atoms with E-state index >= 15 is 0 Å². The van der Waals surface area contributed by atoms with Gasteiger partial charge in [0.2, 0.25) is 0 Å². The molecule has 0 aliphatic rings. The Morgan fingerprint density at radius 1 is 1.17 bits per heavy atom. The van der Waals surface area contributed by atoms with Crippen LogP contribution in [0.2, 0.25) is 5.02 Å². The normalized spacial score (nSPS) is 10.6. The molecule has 2 aromatic carbocycles. The number of hydrogen-bond acceptors (Lipinski definition) is 6. The van der Waals surface area contributed by atoms with E-state index in [1.54, 1.807) is 32.4 Å². The van der Waals surface area contributed by atoms with E-state index in [2.05, 4.69) is 10.5 Å². The summed E-state index contributed by atoms with van der Waals surface area (Å²) in [7, 11) is 3.11. The van der Waals surface area contributed by atoms with Crippen LogP contribution in [0.3, 0.4) is 0 Å². The Kier molecular flexibility index (Phi) is 5.43. The molecule has 0 atom stereocenters. The van der Waals surface area contributed by atoms with Gasteiger partial charge in [-0.25, -0.2) is 0 Å². The maximum absolute atomic E-state index is 10.9. The molecule has 0 radical (unpaired) electrons. The number of carbonyl (C=O) groups is 1. The number of methoxy groups -OCH3 is 2. The van der Waals surface area contributed by atoms with Crippen molar-refractivity contribution in [2.45, 2.75) is 0 Å². The van der Waals surface area contributed by atoms with Gasteiger partial charge in [0.15, 0.2) is 0 Å². The van der Waals surface area contributed by atoms with E-state index in [0.29, 0.717) is 22.2 Å². The second kappa shape index (κ2) is 7.51. The summed E-state index contributed by atoms with van der Waals surface area (Å²) in [5.74, 6) is -0.0307. The van der Waals surface area contributed by atoms with Crippen LogP contribution in [0.25, 0.3) is 0 Å². The first-order valence-corrected chi connectivity index (χ1v) is 6.94. The summed E-state index contributed by atoms with van der Waals surface area (Å²) in [5.41, 5.74) is 3.80. The summed E-state index contributed by atoms with van der Waals surface area (Å²) < 4.78 is 10.3. The Morgan fingerprint density at radius 2 is 1.83 bits per heavy atom. The molecule has 0 aromatic heterocycles. The molecule has 0 amide bonds. The number of nitrogens with zero attached hydrogens (tertiary/aromatic N) is 1. The van der Waals surface area contributed by atoms with Gasteiger partial charge in [-0.15, -0.1) is 0 Å². The van der Waals surface area contributed by atoms with E-state index in [4.69, 9.17) is 21.1 Å². The van der Waals surface area contributed by atoms with Crippen LogP contribution in [-0.4, -0.2) is 26.4 Å². The monoisotopic (exact) mass is 333 g/mol. The molecule has 0 fully saturated rings. The fourth-order valence-corrected chi connectivity index (χ4v) is 1.98. The average molecular weight is 334 g/mol. The van der Waals surface area contributed by atoms with Crippen molar-refractivity contribution in [2.75, 3.05) is 19.6 Å². The minimum Gasteiger partial charge on any atom is -0.545 e. The van der Waals surface area contributed by atoms with Crippen LogP contribution < -0.4 is 20.0 Å². The number of rotatable bonds is 6. The minimum absolute atomic E-state index is 0.00940. The highest BCUT2D eigenvalue weighted by atomic mass is 35.5. The third kappa shape index (κ3) is 4.37. The highest BCUT2D eigenvalue weighted by molar-refractivity contribution is 6.33. The minimum atomic E-state index is -1.29. The third-order valence-corrected chi connectivity index (χ3v) is 3.30. The molecule has 1 N–H and O–H groups in total. The largest absolute Gasteiger partial charge is 0.545 e. The molecule has 0 heterocycles. The Labute approximate surface area is 138 Å². The topological polar surface area (TPSA) is 83.0 Å². The quantitative estimate of drug-likeness (QED) is 0.647. The van der Waals surface area contributed by atoms with Gasteiger partial charge in [0.05, 0.1) is 37.1 Å². The summed E-state index contributed by atoms with van der Waals surface area (Å²) in [6.07, 6.45) is 1.53. The number of anilines is 1. The van der Waals surface area contributed by atoms with Crippen molar-refractivity contribution in [2.24, 2.45) is 5.10 Å². The van der Waals surface area contributed by atoms with Crippen LogP contribution in [0.4, 0.5) is 5.69 Å². The van der Waals surface area contributed by atoms with Gasteiger partial charge >= 0.3 is 0 Å². The lowest BCUT2D eigenvalue weighted by Crippen LogP contribution is -2.22. The predicted octanol–water partition coefficient (Wildman–Crippen LogP) is 2.17. The number of aromatic carboxylic acids is 1. The standard InChI is InChI=1S/C16H15ClN2O4/c1-22-12-5-10(6-13(8-12)23-2)9-18-19-15-7-11(16(20)21)3-4-14(15)17/h3-9,19H,1-2H3,(H,20,21)/p-1/b18-9-. The summed E-state index contributed by atoms with van der Waals surface area (Å²) in [4.78, 5) is 10.9. The fourth-order valence-electron chi connectivity index (χ4n) is 1.82. The number of carbonyl (C=O) groups excluding carboxylic acids is 1. The first kappa shape index (κ1) is 16.6. The summed E-state index contributed by atoms with van der Waals surface area (Å²) in [5, 5.41) is 15.2. The lowest BCUT2D eigenvalue weighted by molar-refractivity contribution is -0.255. The zero-order valence-corrected chi connectivity index (χ0v) is 13.3. The van der Waals surface area contributed by atoms with Crippen LogP contribution in [0.15, 0.2) is 41.5 Å².